The van der Waals surface area contributed by atoms with E-state index in [1.807, 2.05) is 67.7 Å². The molecular formula is C24H21N5O2S. The number of benzene rings is 2. The first-order chi connectivity index (χ1) is 15.5. The van der Waals surface area contributed by atoms with Crippen LogP contribution < -0.4 is 11.1 Å². The Morgan fingerprint density at radius 2 is 1.91 bits per heavy atom. The Bertz CT molecular complexity index is 1360. The van der Waals surface area contributed by atoms with Gasteiger partial charge in [-0.3, -0.25) is 25.3 Å². The molecule has 4 N–H and O–H groups in total. The minimum Gasteiger partial charge on any atom is -0.379 e. The number of fused-ring (bicyclic) bond motifs is 2. The second-order valence-corrected chi connectivity index (χ2v) is 9.02. The third-order valence-electron chi connectivity index (χ3n) is 6.06. The van der Waals surface area contributed by atoms with Crippen LogP contribution in [0.4, 0.5) is 5.69 Å². The molecule has 7 nitrogen and oxygen atoms in total. The summed E-state index contributed by atoms with van der Waals surface area (Å²) in [5, 5.41) is 11.0. The number of carbonyl (C=O) groups excluding carboxylic acids is 2. The summed E-state index contributed by atoms with van der Waals surface area (Å²) in [6.07, 6.45) is 4.17. The Morgan fingerprint density at radius 3 is 2.69 bits per heavy atom. The van der Waals surface area contributed by atoms with Crippen molar-refractivity contribution in [3.05, 3.63) is 71.9 Å². The van der Waals surface area contributed by atoms with Crippen LogP contribution in [0, 0.1) is 5.41 Å². The van der Waals surface area contributed by atoms with Crippen molar-refractivity contribution < 1.29 is 9.59 Å². The van der Waals surface area contributed by atoms with Crippen molar-refractivity contribution in [1.82, 2.24) is 9.88 Å². The molecule has 5 rings (SSSR count). The highest BCUT2D eigenvalue weighted by Gasteiger charge is 2.53. The molecule has 0 aliphatic carbocycles. The lowest BCUT2D eigenvalue weighted by molar-refractivity contribution is -0.123. The number of carbonyl (C=O) groups is 2. The summed E-state index contributed by atoms with van der Waals surface area (Å²) < 4.78 is 1.77. The van der Waals surface area contributed by atoms with Gasteiger partial charge < -0.3 is 10.3 Å². The number of imide groups is 1. The summed E-state index contributed by atoms with van der Waals surface area (Å²) >= 11 is 1.19. The highest BCUT2D eigenvalue weighted by molar-refractivity contribution is 8.14. The SMILES string of the molecule is CCC(SC(=N)N)C1(C2=C(n3ccc4ccccc43)C(=O)NC2=O)C=Nc2ccccc21. The first-order valence-electron chi connectivity index (χ1n) is 10.3. The fourth-order valence-electron chi connectivity index (χ4n) is 4.78. The molecule has 2 aromatic carbocycles. The molecule has 0 radical (unpaired) electrons. The molecule has 32 heavy (non-hydrogen) atoms. The zero-order valence-corrected chi connectivity index (χ0v) is 18.1. The van der Waals surface area contributed by atoms with Crippen molar-refractivity contribution in [2.75, 3.05) is 0 Å². The molecule has 1 aromatic heterocycles. The average molecular weight is 444 g/mol. The van der Waals surface area contributed by atoms with Gasteiger partial charge in [-0.1, -0.05) is 55.1 Å². The molecule has 0 bridgehead atoms. The molecule has 2 unspecified atom stereocenters. The molecular weight excluding hydrogens is 422 g/mol. The third kappa shape index (κ3) is 2.83. The average Bonchev–Trinajstić information content (AvgIpc) is 3.45. The Balaban J connectivity index is 1.86. The molecule has 3 aromatic rings. The normalized spacial score (nSPS) is 20.7. The summed E-state index contributed by atoms with van der Waals surface area (Å²) in [7, 11) is 0. The van der Waals surface area contributed by atoms with Gasteiger partial charge in [0.15, 0.2) is 5.17 Å². The number of aliphatic imine (C=N–C) groups is 1. The van der Waals surface area contributed by atoms with Gasteiger partial charge in [-0.25, -0.2) is 0 Å². The highest BCUT2D eigenvalue weighted by Crippen LogP contribution is 2.51. The molecule has 2 atom stereocenters. The smallest absolute Gasteiger partial charge is 0.275 e. The van der Waals surface area contributed by atoms with E-state index in [1.54, 1.807) is 10.8 Å². The number of para-hydroxylation sites is 2. The van der Waals surface area contributed by atoms with Crippen LogP contribution in [0.15, 0.2) is 71.4 Å². The lowest BCUT2D eigenvalue weighted by Gasteiger charge is -2.36. The number of amidine groups is 1. The van der Waals surface area contributed by atoms with Crippen LogP contribution >= 0.6 is 11.8 Å². The van der Waals surface area contributed by atoms with Gasteiger partial charge in [0.2, 0.25) is 0 Å². The zero-order valence-electron chi connectivity index (χ0n) is 17.3. The maximum Gasteiger partial charge on any atom is 0.275 e. The number of aromatic nitrogens is 1. The van der Waals surface area contributed by atoms with Crippen molar-refractivity contribution in [3.63, 3.8) is 0 Å². The maximum absolute atomic E-state index is 13.4. The Hall–Kier alpha value is -3.65. The fraction of sp³-hybridized carbons (Fsp3) is 0.167. The van der Waals surface area contributed by atoms with Gasteiger partial charge in [-0.15, -0.1) is 0 Å². The number of hydrogen-bond acceptors (Lipinski definition) is 5. The van der Waals surface area contributed by atoms with E-state index < -0.39 is 17.2 Å². The summed E-state index contributed by atoms with van der Waals surface area (Å²) in [6.45, 7) is 1.98. The quantitative estimate of drug-likeness (QED) is 0.318. The summed E-state index contributed by atoms with van der Waals surface area (Å²) in [6, 6.07) is 17.2. The second kappa shape index (κ2) is 7.49. The number of amides is 2. The van der Waals surface area contributed by atoms with E-state index >= 15 is 0 Å². The van der Waals surface area contributed by atoms with Gasteiger partial charge in [0.25, 0.3) is 11.8 Å². The number of nitrogens with one attached hydrogen (secondary N) is 2. The van der Waals surface area contributed by atoms with Crippen LogP contribution in [0.2, 0.25) is 0 Å². The molecule has 2 amide bonds. The lowest BCUT2D eigenvalue weighted by atomic mass is 9.71. The molecule has 2 aliphatic rings. The van der Waals surface area contributed by atoms with Crippen molar-refractivity contribution in [2.45, 2.75) is 24.0 Å². The third-order valence-corrected chi connectivity index (χ3v) is 7.31. The predicted molar refractivity (Wildman–Crippen MR) is 128 cm³/mol. The van der Waals surface area contributed by atoms with Crippen LogP contribution in [0.5, 0.6) is 0 Å². The van der Waals surface area contributed by atoms with Crippen LogP contribution in [0.3, 0.4) is 0 Å². The predicted octanol–water partition coefficient (Wildman–Crippen LogP) is 3.57. The minimum atomic E-state index is -1.02. The van der Waals surface area contributed by atoms with Crippen LogP contribution in [-0.4, -0.2) is 33.0 Å². The topological polar surface area (TPSA) is 113 Å². The van der Waals surface area contributed by atoms with Gasteiger partial charge in [0.05, 0.1) is 22.2 Å². The number of nitrogens with zero attached hydrogens (tertiary/aromatic N) is 2. The van der Waals surface area contributed by atoms with Gasteiger partial charge in [0.1, 0.15) is 5.70 Å². The lowest BCUT2D eigenvalue weighted by Crippen LogP contribution is -2.44. The summed E-state index contributed by atoms with van der Waals surface area (Å²) in [4.78, 5) is 31.2. The van der Waals surface area contributed by atoms with Gasteiger partial charge in [0, 0.05) is 17.7 Å². The van der Waals surface area contributed by atoms with E-state index in [9.17, 15) is 9.59 Å². The van der Waals surface area contributed by atoms with Gasteiger partial charge in [-0.05, 0) is 35.6 Å². The second-order valence-electron chi connectivity index (χ2n) is 7.77. The molecule has 0 saturated carbocycles. The van der Waals surface area contributed by atoms with E-state index in [2.05, 4.69) is 10.3 Å². The van der Waals surface area contributed by atoms with E-state index in [4.69, 9.17) is 11.1 Å². The van der Waals surface area contributed by atoms with E-state index in [0.717, 1.165) is 22.2 Å². The molecule has 0 fully saturated rings. The van der Waals surface area contributed by atoms with E-state index in [-0.39, 0.29) is 16.1 Å². The first kappa shape index (κ1) is 20.3. The minimum absolute atomic E-state index is 0.0488. The molecule has 2 aliphatic heterocycles. The Kier molecular flexibility index (Phi) is 4.74. The van der Waals surface area contributed by atoms with Gasteiger partial charge >= 0.3 is 0 Å². The Labute approximate surface area is 188 Å². The fourth-order valence-corrected chi connectivity index (χ4v) is 5.75. The number of nitrogens with two attached hydrogens (primary N) is 1. The first-order valence-corrected chi connectivity index (χ1v) is 11.2. The Morgan fingerprint density at radius 1 is 1.16 bits per heavy atom. The monoisotopic (exact) mass is 443 g/mol. The van der Waals surface area contributed by atoms with Crippen LogP contribution in [-0.2, 0) is 15.0 Å². The highest BCUT2D eigenvalue weighted by atomic mass is 32.2. The van der Waals surface area contributed by atoms with Crippen LogP contribution in [0.1, 0.15) is 18.9 Å². The number of thioether (sulfide) groups is 1. The number of rotatable bonds is 5. The molecule has 160 valence electrons. The van der Waals surface area contributed by atoms with E-state index in [1.165, 1.54) is 11.8 Å². The molecule has 8 heteroatoms. The van der Waals surface area contributed by atoms with Crippen molar-refractivity contribution >= 4 is 57.2 Å². The number of hydrogen-bond donors (Lipinski definition) is 3. The van der Waals surface area contributed by atoms with E-state index in [0.29, 0.717) is 12.0 Å². The zero-order chi connectivity index (χ0) is 22.5. The molecule has 0 spiro atoms. The van der Waals surface area contributed by atoms with Crippen LogP contribution in [0.25, 0.3) is 16.6 Å². The standard InChI is InChI=1S/C24H21N5O2S/c1-2-18(32-23(25)26)24(13-27-16-9-5-4-8-15(16)24)19-20(22(31)28-21(19)30)29-12-11-14-7-3-6-10-17(14)29/h3-13,18H,2H2,1H3,(H3,25,26)(H,28,30,31). The molecule has 0 saturated heterocycles. The van der Waals surface area contributed by atoms with Crippen molar-refractivity contribution in [3.8, 4) is 0 Å². The largest absolute Gasteiger partial charge is 0.379 e. The summed E-state index contributed by atoms with van der Waals surface area (Å²) in [5.74, 6) is -0.903. The van der Waals surface area contributed by atoms with Gasteiger partial charge in [-0.2, -0.15) is 0 Å². The summed E-state index contributed by atoms with van der Waals surface area (Å²) in [5.41, 5.74) is 7.79. The van der Waals surface area contributed by atoms with Crippen molar-refractivity contribution in [2.24, 2.45) is 10.7 Å². The maximum atomic E-state index is 13.4. The van der Waals surface area contributed by atoms with Crippen molar-refractivity contribution in [1.29, 1.82) is 5.41 Å². The molecule has 3 heterocycles.